The van der Waals surface area contributed by atoms with Gasteiger partial charge in [-0.05, 0) is 81.8 Å². The van der Waals surface area contributed by atoms with Gasteiger partial charge >= 0.3 is 6.03 Å². The molecule has 0 spiro atoms. The third-order valence-corrected chi connectivity index (χ3v) is 7.51. The van der Waals surface area contributed by atoms with Crippen LogP contribution in [0, 0.1) is 0 Å². The number of carbonyl (C=O) groups excluding carboxylic acids is 1. The van der Waals surface area contributed by atoms with Crippen molar-refractivity contribution >= 4 is 21.7 Å². The zero-order chi connectivity index (χ0) is 21.6. The Morgan fingerprint density at radius 3 is 2.27 bits per heavy atom. The summed E-state index contributed by atoms with van der Waals surface area (Å²) < 4.78 is 29.3. The van der Waals surface area contributed by atoms with Crippen molar-refractivity contribution in [1.82, 2.24) is 19.4 Å². The molecular formula is C21H29N5O3S. The molecule has 1 aromatic carbocycles. The normalized spacial score (nSPS) is 16.4. The first-order valence-corrected chi connectivity index (χ1v) is 11.9. The van der Waals surface area contributed by atoms with Crippen LogP contribution in [0.4, 0.5) is 10.5 Å². The van der Waals surface area contributed by atoms with Crippen LogP contribution in [0.1, 0.15) is 53.8 Å². The zero-order valence-electron chi connectivity index (χ0n) is 17.9. The highest BCUT2D eigenvalue weighted by atomic mass is 32.2. The van der Waals surface area contributed by atoms with E-state index in [2.05, 4.69) is 21.2 Å². The van der Waals surface area contributed by atoms with Gasteiger partial charge in [0, 0.05) is 24.8 Å². The number of urea groups is 1. The van der Waals surface area contributed by atoms with Crippen LogP contribution in [-0.2, 0) is 42.8 Å². The first-order valence-electron chi connectivity index (χ1n) is 10.4. The van der Waals surface area contributed by atoms with Crippen LogP contribution in [0.15, 0.2) is 17.2 Å². The second-order valence-corrected chi connectivity index (χ2v) is 10.1. The van der Waals surface area contributed by atoms with E-state index in [4.69, 9.17) is 0 Å². The number of aryl methyl sites for hydroxylation is 3. The lowest BCUT2D eigenvalue weighted by Crippen LogP contribution is -2.35. The highest BCUT2D eigenvalue weighted by Gasteiger charge is 2.28. The molecule has 2 aliphatic carbocycles. The summed E-state index contributed by atoms with van der Waals surface area (Å²) in [7, 11) is 1.44. The number of carbonyl (C=O) groups is 1. The molecule has 1 heterocycles. The molecule has 162 valence electrons. The van der Waals surface area contributed by atoms with Gasteiger partial charge in [-0.2, -0.15) is 13.5 Å². The van der Waals surface area contributed by atoms with Gasteiger partial charge < -0.3 is 10.2 Å². The first-order chi connectivity index (χ1) is 14.2. The zero-order valence-corrected chi connectivity index (χ0v) is 18.8. The second-order valence-electron chi connectivity index (χ2n) is 8.46. The van der Waals surface area contributed by atoms with E-state index in [1.165, 1.54) is 21.9 Å². The van der Waals surface area contributed by atoms with Crippen molar-refractivity contribution in [1.29, 1.82) is 0 Å². The minimum absolute atomic E-state index is 0.0187. The van der Waals surface area contributed by atoms with Gasteiger partial charge in [-0.15, -0.1) is 0 Å². The van der Waals surface area contributed by atoms with Gasteiger partial charge in [0.25, 0.3) is 10.0 Å². The number of aromatic nitrogens is 2. The van der Waals surface area contributed by atoms with E-state index in [0.717, 1.165) is 61.0 Å². The number of sulfonamides is 1. The number of fused-ring (bicyclic) bond motifs is 2. The monoisotopic (exact) mass is 431 g/mol. The highest BCUT2D eigenvalue weighted by molar-refractivity contribution is 7.90. The van der Waals surface area contributed by atoms with Gasteiger partial charge in [-0.25, -0.2) is 9.52 Å². The van der Waals surface area contributed by atoms with Gasteiger partial charge in [0.15, 0.2) is 5.03 Å². The summed E-state index contributed by atoms with van der Waals surface area (Å²) in [4.78, 5) is 14.7. The standard InChI is InChI=1S/C21H29N5O3S/c1-13(25(2)3)18-12-19(23-26(18)4)30(28,29)24-21(27)22-20-16-9-5-7-14(16)11-15-8-6-10-17(15)20/h11-13H,5-10H2,1-4H3,(H2,22,24,27)/t13-/m1/s1. The van der Waals surface area contributed by atoms with E-state index < -0.39 is 16.1 Å². The lowest BCUT2D eigenvalue weighted by atomic mass is 9.99. The Labute approximate surface area is 177 Å². The molecule has 9 heteroatoms. The summed E-state index contributed by atoms with van der Waals surface area (Å²) in [5.41, 5.74) is 6.43. The fourth-order valence-electron chi connectivity index (χ4n) is 4.52. The molecule has 0 fully saturated rings. The van der Waals surface area contributed by atoms with E-state index in [0.29, 0.717) is 0 Å². The Morgan fingerprint density at radius 1 is 1.10 bits per heavy atom. The van der Waals surface area contributed by atoms with Crippen LogP contribution in [0.25, 0.3) is 0 Å². The molecule has 0 aliphatic heterocycles. The Morgan fingerprint density at radius 2 is 1.70 bits per heavy atom. The smallest absolute Gasteiger partial charge is 0.307 e. The van der Waals surface area contributed by atoms with Crippen molar-refractivity contribution in [2.45, 2.75) is 56.5 Å². The molecule has 0 saturated carbocycles. The average Bonchev–Trinajstić information content (AvgIpc) is 3.39. The lowest BCUT2D eigenvalue weighted by molar-refractivity contribution is 0.256. The number of hydrogen-bond acceptors (Lipinski definition) is 5. The Kier molecular flexibility index (Phi) is 5.36. The molecule has 4 rings (SSSR count). The molecule has 1 aromatic heterocycles. The number of benzene rings is 1. The molecule has 0 radical (unpaired) electrons. The van der Waals surface area contributed by atoms with E-state index in [1.54, 1.807) is 7.05 Å². The van der Waals surface area contributed by atoms with Crippen LogP contribution in [0.5, 0.6) is 0 Å². The maximum atomic E-state index is 12.8. The minimum Gasteiger partial charge on any atom is -0.307 e. The fraction of sp³-hybridized carbons (Fsp3) is 0.524. The molecule has 8 nitrogen and oxygen atoms in total. The Balaban J connectivity index is 1.56. The number of rotatable bonds is 5. The molecule has 2 aliphatic rings. The number of amides is 2. The largest absolute Gasteiger partial charge is 0.333 e. The number of nitrogens with one attached hydrogen (secondary N) is 2. The van der Waals surface area contributed by atoms with Crippen molar-refractivity contribution in [3.8, 4) is 0 Å². The quantitative estimate of drug-likeness (QED) is 0.758. The van der Waals surface area contributed by atoms with Gasteiger partial charge in [0.2, 0.25) is 0 Å². The number of nitrogens with zero attached hydrogens (tertiary/aromatic N) is 3. The summed E-state index contributed by atoms with van der Waals surface area (Å²) in [6, 6.07) is 3.02. The summed E-state index contributed by atoms with van der Waals surface area (Å²) in [5.74, 6) is 0. The summed E-state index contributed by atoms with van der Waals surface area (Å²) in [6.45, 7) is 1.96. The second kappa shape index (κ2) is 7.70. The third kappa shape index (κ3) is 3.72. The van der Waals surface area contributed by atoms with E-state index in [1.807, 2.05) is 25.9 Å². The molecule has 0 saturated heterocycles. The van der Waals surface area contributed by atoms with Crippen molar-refractivity contribution in [3.05, 3.63) is 40.1 Å². The fourth-order valence-corrected chi connectivity index (χ4v) is 5.43. The molecule has 30 heavy (non-hydrogen) atoms. The molecular weight excluding hydrogens is 402 g/mol. The summed E-state index contributed by atoms with van der Waals surface area (Å²) in [6.07, 6.45) is 5.98. The maximum Gasteiger partial charge on any atom is 0.333 e. The predicted molar refractivity (Wildman–Crippen MR) is 115 cm³/mol. The molecule has 0 bridgehead atoms. The third-order valence-electron chi connectivity index (χ3n) is 6.31. The van der Waals surface area contributed by atoms with Crippen LogP contribution in [0.2, 0.25) is 0 Å². The van der Waals surface area contributed by atoms with Crippen LogP contribution < -0.4 is 10.0 Å². The number of hydrogen-bond donors (Lipinski definition) is 2. The SMILES string of the molecule is C[C@H](c1cc(S(=O)(=O)NC(=O)Nc2c3c(cc4c2CCC4)CCC3)nn1C)N(C)C. The molecule has 0 unspecified atom stereocenters. The highest BCUT2D eigenvalue weighted by Crippen LogP contribution is 2.38. The Hall–Kier alpha value is -2.39. The molecule has 2 amide bonds. The van der Waals surface area contributed by atoms with Crippen LogP contribution in [-0.4, -0.2) is 43.2 Å². The van der Waals surface area contributed by atoms with Crippen molar-refractivity contribution in [2.24, 2.45) is 7.05 Å². The first kappa shape index (κ1) is 20.9. The predicted octanol–water partition coefficient (Wildman–Crippen LogP) is 2.53. The topological polar surface area (TPSA) is 96.3 Å². The van der Waals surface area contributed by atoms with Crippen LogP contribution >= 0.6 is 0 Å². The summed E-state index contributed by atoms with van der Waals surface area (Å²) >= 11 is 0. The number of anilines is 1. The van der Waals surface area contributed by atoms with Gasteiger partial charge in [-0.3, -0.25) is 4.68 Å². The Bertz CT molecular complexity index is 1070. The van der Waals surface area contributed by atoms with Crippen molar-refractivity contribution in [2.75, 3.05) is 19.4 Å². The molecule has 2 aromatic rings. The van der Waals surface area contributed by atoms with Gasteiger partial charge in [-0.1, -0.05) is 6.07 Å². The van der Waals surface area contributed by atoms with Crippen LogP contribution in [0.3, 0.4) is 0 Å². The van der Waals surface area contributed by atoms with Crippen molar-refractivity contribution < 1.29 is 13.2 Å². The van der Waals surface area contributed by atoms with E-state index >= 15 is 0 Å². The van der Waals surface area contributed by atoms with E-state index in [-0.39, 0.29) is 11.1 Å². The average molecular weight is 432 g/mol. The minimum atomic E-state index is -4.08. The molecule has 2 N–H and O–H groups in total. The van der Waals surface area contributed by atoms with E-state index in [9.17, 15) is 13.2 Å². The summed E-state index contributed by atoms with van der Waals surface area (Å²) in [5, 5.41) is 6.82. The van der Waals surface area contributed by atoms with Gasteiger partial charge in [0.1, 0.15) is 0 Å². The van der Waals surface area contributed by atoms with Gasteiger partial charge in [0.05, 0.1) is 5.69 Å². The lowest BCUT2D eigenvalue weighted by Gasteiger charge is -2.19. The maximum absolute atomic E-state index is 12.8. The molecule has 1 atom stereocenters. The van der Waals surface area contributed by atoms with Crippen molar-refractivity contribution in [3.63, 3.8) is 0 Å².